The summed E-state index contributed by atoms with van der Waals surface area (Å²) in [5.74, 6) is -1.65. The van der Waals surface area contributed by atoms with E-state index >= 15 is 0 Å². The molecule has 0 unspecified atom stereocenters. The molecular weight excluding hydrogens is 496 g/mol. The Morgan fingerprint density at radius 3 is 2.50 bits per heavy atom. The number of fused-ring (bicyclic) bond motifs is 1. The van der Waals surface area contributed by atoms with Crippen molar-refractivity contribution >= 4 is 61.1 Å². The summed E-state index contributed by atoms with van der Waals surface area (Å²) in [6.07, 6.45) is 0. The van der Waals surface area contributed by atoms with E-state index in [2.05, 4.69) is 0 Å². The third kappa shape index (κ3) is 2.99. The summed E-state index contributed by atoms with van der Waals surface area (Å²) < 4.78 is 46.9. The molecule has 3 aromatic rings. The van der Waals surface area contributed by atoms with Crippen molar-refractivity contribution in [2.75, 3.05) is 6.61 Å². The van der Waals surface area contributed by atoms with Crippen LogP contribution in [-0.4, -0.2) is 25.0 Å². The predicted molar refractivity (Wildman–Crippen MR) is 105 cm³/mol. The molecule has 0 spiro atoms. The first-order valence-corrected chi connectivity index (χ1v) is 10.4. The van der Waals surface area contributed by atoms with Gasteiger partial charge in [0.25, 0.3) is 10.0 Å². The third-order valence-electron chi connectivity index (χ3n) is 3.67. The van der Waals surface area contributed by atoms with Gasteiger partial charge in [0.1, 0.15) is 0 Å². The minimum absolute atomic E-state index is 0.0169. The lowest BCUT2D eigenvalue weighted by Crippen LogP contribution is -2.20. The predicted octanol–water partition coefficient (Wildman–Crippen LogP) is 4.45. The van der Waals surface area contributed by atoms with Crippen LogP contribution in [0.15, 0.2) is 47.4 Å². The first kappa shape index (κ1) is 19.1. The van der Waals surface area contributed by atoms with Crippen molar-refractivity contribution in [3.63, 3.8) is 0 Å². The lowest BCUT2D eigenvalue weighted by molar-refractivity contribution is 0.0517. The molecule has 0 radical (unpaired) electrons. The molecule has 3 rings (SSSR count). The molecule has 0 amide bonds. The van der Waals surface area contributed by atoms with Crippen LogP contribution in [0.25, 0.3) is 10.9 Å². The van der Waals surface area contributed by atoms with Crippen LogP contribution in [0.5, 0.6) is 0 Å². The van der Waals surface area contributed by atoms with Crippen LogP contribution in [0.4, 0.5) is 4.39 Å². The van der Waals surface area contributed by atoms with E-state index in [1.807, 2.05) is 0 Å². The van der Waals surface area contributed by atoms with Crippen LogP contribution in [0.2, 0.25) is 5.02 Å². The first-order valence-electron chi connectivity index (χ1n) is 7.46. The van der Waals surface area contributed by atoms with Crippen LogP contribution in [0.1, 0.15) is 17.4 Å². The molecule has 0 N–H and O–H groups in total. The Labute approximate surface area is 167 Å². The number of hydrogen-bond donors (Lipinski definition) is 0. The molecule has 5 nitrogen and oxygen atoms in total. The van der Waals surface area contributed by atoms with Crippen molar-refractivity contribution in [3.8, 4) is 0 Å². The largest absolute Gasteiger partial charge is 0.461 e. The molecular formula is C17H12ClFINO4S. The van der Waals surface area contributed by atoms with Gasteiger partial charge in [-0.2, -0.15) is 0 Å². The van der Waals surface area contributed by atoms with Gasteiger partial charge in [0.05, 0.1) is 31.0 Å². The Balaban J connectivity index is 2.46. The van der Waals surface area contributed by atoms with Crippen molar-refractivity contribution in [3.05, 3.63) is 62.6 Å². The number of benzene rings is 2. The van der Waals surface area contributed by atoms with Crippen molar-refractivity contribution in [2.45, 2.75) is 11.8 Å². The smallest absolute Gasteiger partial charge is 0.357 e. The van der Waals surface area contributed by atoms with Gasteiger partial charge in [0, 0.05) is 0 Å². The maximum absolute atomic E-state index is 14.6. The molecule has 1 heterocycles. The number of aromatic nitrogens is 1. The SMILES string of the molecule is CCOC(=O)c1c(I)c2c(F)c(Cl)ccc2n1S(=O)(=O)c1ccccc1. The molecule has 0 aliphatic heterocycles. The number of carbonyl (C=O) groups excluding carboxylic acids is 1. The van der Waals surface area contributed by atoms with Crippen LogP contribution < -0.4 is 0 Å². The zero-order valence-electron chi connectivity index (χ0n) is 13.4. The molecule has 0 saturated heterocycles. The van der Waals surface area contributed by atoms with E-state index < -0.39 is 21.8 Å². The molecule has 0 atom stereocenters. The second-order valence-electron chi connectivity index (χ2n) is 5.22. The molecule has 0 saturated carbocycles. The number of hydrogen-bond acceptors (Lipinski definition) is 4. The van der Waals surface area contributed by atoms with E-state index in [9.17, 15) is 17.6 Å². The Kier molecular flexibility index (Phi) is 5.27. The van der Waals surface area contributed by atoms with Crippen molar-refractivity contribution in [1.82, 2.24) is 3.97 Å². The fraction of sp³-hybridized carbons (Fsp3) is 0.118. The highest BCUT2D eigenvalue weighted by molar-refractivity contribution is 14.1. The van der Waals surface area contributed by atoms with Crippen LogP contribution in [0.3, 0.4) is 0 Å². The summed E-state index contributed by atoms with van der Waals surface area (Å²) in [7, 11) is -4.17. The zero-order chi connectivity index (χ0) is 19.1. The van der Waals surface area contributed by atoms with Crippen molar-refractivity contribution in [1.29, 1.82) is 0 Å². The maximum atomic E-state index is 14.6. The van der Waals surface area contributed by atoms with Gasteiger partial charge in [0.15, 0.2) is 11.5 Å². The second-order valence-corrected chi connectivity index (χ2v) is 8.49. The minimum atomic E-state index is -4.17. The zero-order valence-corrected chi connectivity index (χ0v) is 17.1. The van der Waals surface area contributed by atoms with E-state index in [0.29, 0.717) is 0 Å². The highest BCUT2D eigenvalue weighted by Gasteiger charge is 2.32. The van der Waals surface area contributed by atoms with Gasteiger partial charge in [-0.25, -0.2) is 21.6 Å². The molecule has 1 aromatic heterocycles. The van der Waals surface area contributed by atoms with Gasteiger partial charge in [-0.15, -0.1) is 0 Å². The van der Waals surface area contributed by atoms with Gasteiger partial charge < -0.3 is 4.74 Å². The minimum Gasteiger partial charge on any atom is -0.461 e. The van der Waals surface area contributed by atoms with Gasteiger partial charge in [-0.05, 0) is 53.8 Å². The van der Waals surface area contributed by atoms with Gasteiger partial charge in [-0.1, -0.05) is 29.8 Å². The summed E-state index contributed by atoms with van der Waals surface area (Å²) in [5, 5.41) is -0.208. The topological polar surface area (TPSA) is 65.4 Å². The van der Waals surface area contributed by atoms with E-state index in [1.54, 1.807) is 47.7 Å². The van der Waals surface area contributed by atoms with E-state index in [0.717, 1.165) is 3.97 Å². The number of carbonyl (C=O) groups is 1. The Bertz CT molecular complexity index is 1110. The molecule has 0 aliphatic carbocycles. The highest BCUT2D eigenvalue weighted by Crippen LogP contribution is 2.35. The molecule has 2 aromatic carbocycles. The van der Waals surface area contributed by atoms with Crippen LogP contribution in [0, 0.1) is 9.39 Å². The highest BCUT2D eigenvalue weighted by atomic mass is 127. The number of ether oxygens (including phenoxy) is 1. The van der Waals surface area contributed by atoms with Crippen LogP contribution in [-0.2, 0) is 14.8 Å². The molecule has 9 heteroatoms. The average molecular weight is 508 g/mol. The number of rotatable bonds is 4. The fourth-order valence-electron chi connectivity index (χ4n) is 2.57. The summed E-state index contributed by atoms with van der Waals surface area (Å²) >= 11 is 7.57. The van der Waals surface area contributed by atoms with Gasteiger partial charge >= 0.3 is 5.97 Å². The monoisotopic (exact) mass is 507 g/mol. The average Bonchev–Trinajstić information content (AvgIpc) is 2.93. The Morgan fingerprint density at radius 2 is 1.88 bits per heavy atom. The summed E-state index contributed by atoms with van der Waals surface area (Å²) in [4.78, 5) is 12.4. The normalized spacial score (nSPS) is 11.7. The number of esters is 1. The van der Waals surface area contributed by atoms with E-state index in [-0.39, 0.29) is 36.7 Å². The maximum Gasteiger partial charge on any atom is 0.357 e. The standard InChI is InChI=1S/C17H12ClFINO4S/c1-2-25-17(22)16-15(20)13-12(9-8-11(18)14(13)19)21(16)26(23,24)10-6-4-3-5-7-10/h3-9H,2H2,1H3. The molecule has 26 heavy (non-hydrogen) atoms. The molecule has 0 aliphatic rings. The van der Waals surface area contributed by atoms with Crippen molar-refractivity contribution in [2.24, 2.45) is 0 Å². The lowest BCUT2D eigenvalue weighted by atomic mass is 10.2. The van der Waals surface area contributed by atoms with Crippen molar-refractivity contribution < 1.29 is 22.3 Å². The third-order valence-corrected chi connectivity index (χ3v) is 6.74. The fourth-order valence-corrected chi connectivity index (χ4v) is 5.39. The quantitative estimate of drug-likeness (QED) is 0.387. The second kappa shape index (κ2) is 7.16. The summed E-state index contributed by atoms with van der Waals surface area (Å²) in [6.45, 7) is 1.64. The van der Waals surface area contributed by atoms with Gasteiger partial charge in [-0.3, -0.25) is 0 Å². The summed E-state index contributed by atoms with van der Waals surface area (Å²) in [6, 6.07) is 10.2. The Morgan fingerprint density at radius 1 is 1.23 bits per heavy atom. The Hall–Kier alpha value is -1.65. The van der Waals surface area contributed by atoms with E-state index in [1.165, 1.54) is 24.3 Å². The van der Waals surface area contributed by atoms with Gasteiger partial charge in [0.2, 0.25) is 0 Å². The number of nitrogens with zero attached hydrogens (tertiary/aromatic N) is 1. The first-order chi connectivity index (χ1) is 12.3. The molecule has 0 fully saturated rings. The van der Waals surface area contributed by atoms with E-state index in [4.69, 9.17) is 16.3 Å². The lowest BCUT2D eigenvalue weighted by Gasteiger charge is -2.11. The number of halogens is 3. The molecule has 0 bridgehead atoms. The summed E-state index contributed by atoms with van der Waals surface area (Å²) in [5.41, 5.74) is -0.240. The molecule has 136 valence electrons. The van der Waals surface area contributed by atoms with Crippen LogP contribution >= 0.6 is 34.2 Å².